The van der Waals surface area contributed by atoms with E-state index in [0.717, 1.165) is 24.6 Å². The van der Waals surface area contributed by atoms with Crippen molar-refractivity contribution in [3.8, 4) is 5.75 Å². The first kappa shape index (κ1) is 15.3. The number of hydrogen-bond donors (Lipinski definition) is 1. The third-order valence-corrected chi connectivity index (χ3v) is 3.24. The summed E-state index contributed by atoms with van der Waals surface area (Å²) in [4.78, 5) is 0. The van der Waals surface area contributed by atoms with E-state index in [1.54, 1.807) is 6.07 Å². The van der Waals surface area contributed by atoms with Crippen molar-refractivity contribution in [3.63, 3.8) is 0 Å². The second-order valence-electron chi connectivity index (χ2n) is 5.85. The molecule has 3 nitrogen and oxygen atoms in total. The lowest BCUT2D eigenvalue weighted by atomic mass is 10.1. The van der Waals surface area contributed by atoms with Crippen LogP contribution in [0.25, 0.3) is 0 Å². The molecular weight excluding hydrogens is 257 g/mol. The molecule has 0 radical (unpaired) electrons. The summed E-state index contributed by atoms with van der Waals surface area (Å²) in [5.74, 6) is 1.74. The molecule has 1 aliphatic carbocycles. The number of rotatable bonds is 9. The fourth-order valence-corrected chi connectivity index (χ4v) is 1.93. The monoisotopic (exact) mass is 281 g/mol. The maximum absolute atomic E-state index is 13.3. The summed E-state index contributed by atoms with van der Waals surface area (Å²) in [7, 11) is 0. The van der Waals surface area contributed by atoms with E-state index in [1.807, 2.05) is 0 Å². The van der Waals surface area contributed by atoms with Crippen LogP contribution in [-0.4, -0.2) is 19.9 Å². The van der Waals surface area contributed by atoms with Gasteiger partial charge in [-0.1, -0.05) is 13.8 Å². The van der Waals surface area contributed by atoms with Crippen molar-refractivity contribution in [2.24, 2.45) is 11.8 Å². The van der Waals surface area contributed by atoms with Gasteiger partial charge in [0.05, 0.1) is 6.61 Å². The first-order valence-electron chi connectivity index (χ1n) is 7.35. The zero-order valence-electron chi connectivity index (χ0n) is 12.3. The highest BCUT2D eigenvalue weighted by molar-refractivity contribution is 5.33. The summed E-state index contributed by atoms with van der Waals surface area (Å²) in [6, 6.07) is 4.61. The molecule has 1 aromatic carbocycles. The zero-order chi connectivity index (χ0) is 14.4. The number of nitrogens with one attached hydrogen (secondary N) is 1. The number of halogens is 1. The highest BCUT2D eigenvalue weighted by Crippen LogP contribution is 2.28. The van der Waals surface area contributed by atoms with Crippen LogP contribution in [0.3, 0.4) is 0 Å². The fourth-order valence-electron chi connectivity index (χ4n) is 1.93. The maximum atomic E-state index is 13.3. The lowest BCUT2D eigenvalue weighted by Gasteiger charge is -2.13. The second kappa shape index (κ2) is 7.60. The molecule has 2 rings (SSSR count). The van der Waals surface area contributed by atoms with Crippen LogP contribution in [0.4, 0.5) is 4.39 Å². The molecule has 0 unspecified atom stereocenters. The molecule has 4 heteroatoms. The Morgan fingerprint density at radius 1 is 1.35 bits per heavy atom. The molecule has 1 fully saturated rings. The molecule has 1 N–H and O–H groups in total. The Morgan fingerprint density at radius 2 is 2.15 bits per heavy atom. The van der Waals surface area contributed by atoms with Gasteiger partial charge in [0.15, 0.2) is 6.79 Å². The van der Waals surface area contributed by atoms with Crippen LogP contribution in [-0.2, 0) is 11.3 Å². The normalized spacial score (nSPS) is 14.8. The minimum Gasteiger partial charge on any atom is -0.467 e. The molecule has 0 bridgehead atoms. The van der Waals surface area contributed by atoms with Gasteiger partial charge in [-0.05, 0) is 49.4 Å². The molecule has 0 amide bonds. The number of hydrogen-bond acceptors (Lipinski definition) is 3. The van der Waals surface area contributed by atoms with Crippen LogP contribution in [0.15, 0.2) is 18.2 Å². The molecule has 0 saturated heterocycles. The predicted molar refractivity (Wildman–Crippen MR) is 77.1 cm³/mol. The van der Waals surface area contributed by atoms with Gasteiger partial charge in [-0.3, -0.25) is 0 Å². The molecule has 0 aromatic heterocycles. The van der Waals surface area contributed by atoms with Gasteiger partial charge in [-0.25, -0.2) is 4.39 Å². The average Bonchev–Trinajstić information content (AvgIpc) is 3.20. The molecule has 1 saturated carbocycles. The SMILES string of the molecule is CC(C)CNCc1cc(F)ccc1OCOCC1CC1. The van der Waals surface area contributed by atoms with E-state index >= 15 is 0 Å². The van der Waals surface area contributed by atoms with Crippen LogP contribution in [0.1, 0.15) is 32.3 Å². The van der Waals surface area contributed by atoms with Crippen LogP contribution < -0.4 is 10.1 Å². The summed E-state index contributed by atoms with van der Waals surface area (Å²) in [5, 5.41) is 3.30. The standard InChI is InChI=1S/C16H24FNO2/c1-12(2)8-18-9-14-7-15(17)5-6-16(14)20-11-19-10-13-3-4-13/h5-7,12-13,18H,3-4,8-11H2,1-2H3. The van der Waals surface area contributed by atoms with Crippen molar-refractivity contribution in [2.75, 3.05) is 19.9 Å². The summed E-state index contributed by atoms with van der Waals surface area (Å²) >= 11 is 0. The van der Waals surface area contributed by atoms with Gasteiger partial charge in [0.2, 0.25) is 0 Å². The first-order chi connectivity index (χ1) is 9.65. The Balaban J connectivity index is 1.81. The van der Waals surface area contributed by atoms with Crippen LogP contribution in [0, 0.1) is 17.7 Å². The summed E-state index contributed by atoms with van der Waals surface area (Å²) < 4.78 is 24.4. The van der Waals surface area contributed by atoms with Crippen molar-refractivity contribution in [1.82, 2.24) is 5.32 Å². The fraction of sp³-hybridized carbons (Fsp3) is 0.625. The van der Waals surface area contributed by atoms with Gasteiger partial charge in [0.1, 0.15) is 11.6 Å². The van der Waals surface area contributed by atoms with E-state index in [1.165, 1.54) is 25.0 Å². The van der Waals surface area contributed by atoms with Gasteiger partial charge in [0, 0.05) is 12.1 Å². The molecule has 0 heterocycles. The van der Waals surface area contributed by atoms with Crippen LogP contribution in [0.2, 0.25) is 0 Å². The van der Waals surface area contributed by atoms with E-state index in [9.17, 15) is 4.39 Å². The molecule has 0 aliphatic heterocycles. The average molecular weight is 281 g/mol. The molecule has 1 aliphatic rings. The molecule has 20 heavy (non-hydrogen) atoms. The number of ether oxygens (including phenoxy) is 2. The molecule has 0 spiro atoms. The van der Waals surface area contributed by atoms with Gasteiger partial charge >= 0.3 is 0 Å². The smallest absolute Gasteiger partial charge is 0.189 e. The molecular formula is C16H24FNO2. The summed E-state index contributed by atoms with van der Waals surface area (Å²) in [5.41, 5.74) is 0.834. The van der Waals surface area contributed by atoms with Crippen molar-refractivity contribution >= 4 is 0 Å². The van der Waals surface area contributed by atoms with E-state index in [-0.39, 0.29) is 12.6 Å². The van der Waals surface area contributed by atoms with E-state index in [4.69, 9.17) is 9.47 Å². The summed E-state index contributed by atoms with van der Waals surface area (Å²) in [6.07, 6.45) is 2.53. The van der Waals surface area contributed by atoms with Crippen molar-refractivity contribution in [1.29, 1.82) is 0 Å². The van der Waals surface area contributed by atoms with E-state index < -0.39 is 0 Å². The van der Waals surface area contributed by atoms with Gasteiger partial charge in [0.25, 0.3) is 0 Å². The Kier molecular flexibility index (Phi) is 5.80. The Bertz CT molecular complexity index is 419. The maximum Gasteiger partial charge on any atom is 0.189 e. The summed E-state index contributed by atoms with van der Waals surface area (Å²) in [6.45, 7) is 6.78. The largest absolute Gasteiger partial charge is 0.467 e. The lowest BCUT2D eigenvalue weighted by molar-refractivity contribution is 0.00937. The van der Waals surface area contributed by atoms with Crippen LogP contribution >= 0.6 is 0 Å². The zero-order valence-corrected chi connectivity index (χ0v) is 12.3. The topological polar surface area (TPSA) is 30.5 Å². The lowest BCUT2D eigenvalue weighted by Crippen LogP contribution is -2.19. The quantitative estimate of drug-likeness (QED) is 0.556. The van der Waals surface area contributed by atoms with Gasteiger partial charge < -0.3 is 14.8 Å². The third kappa shape index (κ3) is 5.47. The predicted octanol–water partition coefficient (Wildman–Crippen LogP) is 3.33. The molecule has 0 atom stereocenters. The van der Waals surface area contributed by atoms with E-state index in [2.05, 4.69) is 19.2 Å². The number of benzene rings is 1. The van der Waals surface area contributed by atoms with Crippen molar-refractivity contribution < 1.29 is 13.9 Å². The minimum absolute atomic E-state index is 0.235. The molecule has 112 valence electrons. The first-order valence-corrected chi connectivity index (χ1v) is 7.35. The Morgan fingerprint density at radius 3 is 2.85 bits per heavy atom. The van der Waals surface area contributed by atoms with Gasteiger partial charge in [-0.15, -0.1) is 0 Å². The van der Waals surface area contributed by atoms with Gasteiger partial charge in [-0.2, -0.15) is 0 Å². The van der Waals surface area contributed by atoms with Crippen LogP contribution in [0.5, 0.6) is 5.75 Å². The second-order valence-corrected chi connectivity index (χ2v) is 5.85. The molecule has 1 aromatic rings. The van der Waals surface area contributed by atoms with E-state index in [0.29, 0.717) is 18.2 Å². The van der Waals surface area contributed by atoms with Crippen molar-refractivity contribution in [3.05, 3.63) is 29.6 Å². The minimum atomic E-state index is -0.238. The third-order valence-electron chi connectivity index (χ3n) is 3.24. The Labute approximate surface area is 120 Å². The Hall–Kier alpha value is -1.13. The highest BCUT2D eigenvalue weighted by Gasteiger charge is 2.21. The highest BCUT2D eigenvalue weighted by atomic mass is 19.1. The van der Waals surface area contributed by atoms with Crippen molar-refractivity contribution in [2.45, 2.75) is 33.2 Å².